The molecule has 0 aliphatic carbocycles. The van der Waals surface area contributed by atoms with Gasteiger partial charge in [-0.3, -0.25) is 0 Å². The van der Waals surface area contributed by atoms with Gasteiger partial charge >= 0.3 is 0 Å². The van der Waals surface area contributed by atoms with Gasteiger partial charge in [0.05, 0.1) is 13.7 Å². The van der Waals surface area contributed by atoms with Crippen LogP contribution in [0, 0.1) is 12.8 Å². The Kier molecular flexibility index (Phi) is 7.21. The van der Waals surface area contributed by atoms with Gasteiger partial charge in [0.1, 0.15) is 11.5 Å². The Morgan fingerprint density at radius 2 is 1.95 bits per heavy atom. The Labute approximate surface area is 123 Å². The maximum Gasteiger partial charge on any atom is 0.127 e. The molecule has 0 amide bonds. The van der Waals surface area contributed by atoms with Crippen LogP contribution in [-0.4, -0.2) is 13.7 Å². The quantitative estimate of drug-likeness (QED) is 0.646. The second-order valence-electron chi connectivity index (χ2n) is 5.23. The molecule has 1 unspecified atom stereocenters. The molecule has 0 aromatic heterocycles. The normalized spacial score (nSPS) is 12.7. The van der Waals surface area contributed by atoms with Gasteiger partial charge in [-0.1, -0.05) is 38.8 Å². The SMILES string of the molecule is C/C=C/c1cc(OC)c(C)cc1OCC(CC)CCC. The van der Waals surface area contributed by atoms with Crippen LogP contribution in [-0.2, 0) is 0 Å². The van der Waals surface area contributed by atoms with Crippen molar-refractivity contribution in [1.29, 1.82) is 0 Å². The van der Waals surface area contributed by atoms with Gasteiger partial charge in [0, 0.05) is 5.56 Å². The zero-order chi connectivity index (χ0) is 15.0. The molecule has 1 aromatic carbocycles. The van der Waals surface area contributed by atoms with E-state index in [0.29, 0.717) is 5.92 Å². The molecule has 1 rings (SSSR count). The highest BCUT2D eigenvalue weighted by Crippen LogP contribution is 2.30. The van der Waals surface area contributed by atoms with Crippen molar-refractivity contribution in [3.63, 3.8) is 0 Å². The molecule has 2 heteroatoms. The minimum atomic E-state index is 0.640. The van der Waals surface area contributed by atoms with Crippen LogP contribution >= 0.6 is 0 Å². The van der Waals surface area contributed by atoms with Gasteiger partial charge in [-0.05, 0) is 43.9 Å². The maximum atomic E-state index is 6.07. The van der Waals surface area contributed by atoms with Crippen molar-refractivity contribution in [2.45, 2.75) is 47.0 Å². The van der Waals surface area contributed by atoms with Crippen LogP contribution < -0.4 is 9.47 Å². The lowest BCUT2D eigenvalue weighted by atomic mass is 10.0. The molecular formula is C18H28O2. The van der Waals surface area contributed by atoms with Crippen LogP contribution in [0.1, 0.15) is 51.2 Å². The number of methoxy groups -OCH3 is 1. The molecule has 20 heavy (non-hydrogen) atoms. The zero-order valence-corrected chi connectivity index (χ0v) is 13.5. The van der Waals surface area contributed by atoms with Crippen LogP contribution in [0.5, 0.6) is 11.5 Å². The molecule has 0 heterocycles. The van der Waals surface area contributed by atoms with E-state index in [4.69, 9.17) is 9.47 Å². The largest absolute Gasteiger partial charge is 0.496 e. The molecule has 0 saturated heterocycles. The first kappa shape index (κ1) is 16.6. The van der Waals surface area contributed by atoms with E-state index in [1.807, 2.05) is 19.1 Å². The van der Waals surface area contributed by atoms with Gasteiger partial charge in [-0.15, -0.1) is 0 Å². The smallest absolute Gasteiger partial charge is 0.127 e. The molecule has 0 aliphatic heterocycles. The molecule has 0 spiro atoms. The number of allylic oxidation sites excluding steroid dienone is 1. The molecule has 112 valence electrons. The predicted molar refractivity (Wildman–Crippen MR) is 86.6 cm³/mol. The second kappa shape index (κ2) is 8.68. The van der Waals surface area contributed by atoms with Crippen LogP contribution in [0.4, 0.5) is 0 Å². The molecule has 0 bridgehead atoms. The number of ether oxygens (including phenoxy) is 2. The average molecular weight is 276 g/mol. The van der Waals surface area contributed by atoms with Gasteiger partial charge < -0.3 is 9.47 Å². The van der Waals surface area contributed by atoms with Crippen molar-refractivity contribution < 1.29 is 9.47 Å². The first-order valence-corrected chi connectivity index (χ1v) is 7.60. The number of hydrogen-bond acceptors (Lipinski definition) is 2. The molecule has 0 fully saturated rings. The van der Waals surface area contributed by atoms with Crippen molar-refractivity contribution in [3.8, 4) is 11.5 Å². The third kappa shape index (κ3) is 4.59. The van der Waals surface area contributed by atoms with E-state index in [9.17, 15) is 0 Å². The van der Waals surface area contributed by atoms with Crippen LogP contribution in [0.2, 0.25) is 0 Å². The van der Waals surface area contributed by atoms with E-state index in [1.54, 1.807) is 7.11 Å². The Bertz CT molecular complexity index is 435. The summed E-state index contributed by atoms with van der Waals surface area (Å²) >= 11 is 0. The topological polar surface area (TPSA) is 18.5 Å². The fourth-order valence-electron chi connectivity index (χ4n) is 2.35. The predicted octanol–water partition coefficient (Wildman–Crippen LogP) is 5.24. The van der Waals surface area contributed by atoms with E-state index >= 15 is 0 Å². The van der Waals surface area contributed by atoms with Crippen LogP contribution in [0.15, 0.2) is 18.2 Å². The summed E-state index contributed by atoms with van der Waals surface area (Å²) in [6, 6.07) is 4.12. The van der Waals surface area contributed by atoms with E-state index in [-0.39, 0.29) is 0 Å². The Morgan fingerprint density at radius 3 is 2.50 bits per heavy atom. The van der Waals surface area contributed by atoms with Crippen molar-refractivity contribution in [2.24, 2.45) is 5.92 Å². The lowest BCUT2D eigenvalue weighted by Crippen LogP contribution is -2.11. The molecule has 2 nitrogen and oxygen atoms in total. The number of benzene rings is 1. The summed E-state index contributed by atoms with van der Waals surface area (Å²) in [5, 5.41) is 0. The van der Waals surface area contributed by atoms with Crippen LogP contribution in [0.25, 0.3) is 6.08 Å². The van der Waals surface area contributed by atoms with Crippen molar-refractivity contribution >= 4 is 6.08 Å². The molecule has 1 atom stereocenters. The molecule has 0 aliphatic rings. The summed E-state index contributed by atoms with van der Waals surface area (Å²) in [7, 11) is 1.71. The van der Waals surface area contributed by atoms with Crippen molar-refractivity contribution in [3.05, 3.63) is 29.3 Å². The van der Waals surface area contributed by atoms with E-state index in [1.165, 1.54) is 19.3 Å². The molecule has 1 aromatic rings. The third-order valence-electron chi connectivity index (χ3n) is 3.62. The van der Waals surface area contributed by atoms with Gasteiger partial charge in [0.25, 0.3) is 0 Å². The summed E-state index contributed by atoms with van der Waals surface area (Å²) in [4.78, 5) is 0. The molecule has 0 saturated carbocycles. The maximum absolute atomic E-state index is 6.07. The highest BCUT2D eigenvalue weighted by Gasteiger charge is 2.10. The van der Waals surface area contributed by atoms with E-state index in [2.05, 4.69) is 32.9 Å². The molecule has 0 N–H and O–H groups in total. The zero-order valence-electron chi connectivity index (χ0n) is 13.5. The first-order chi connectivity index (χ1) is 9.65. The highest BCUT2D eigenvalue weighted by atomic mass is 16.5. The fourth-order valence-corrected chi connectivity index (χ4v) is 2.35. The summed E-state index contributed by atoms with van der Waals surface area (Å²) in [6.45, 7) is 9.32. The van der Waals surface area contributed by atoms with Gasteiger partial charge in [0.15, 0.2) is 0 Å². The van der Waals surface area contributed by atoms with Crippen LogP contribution in [0.3, 0.4) is 0 Å². The minimum Gasteiger partial charge on any atom is -0.496 e. The summed E-state index contributed by atoms with van der Waals surface area (Å²) in [5.74, 6) is 2.50. The number of hydrogen-bond donors (Lipinski definition) is 0. The summed E-state index contributed by atoms with van der Waals surface area (Å²) < 4.78 is 11.5. The van der Waals surface area contributed by atoms with Crippen molar-refractivity contribution in [2.75, 3.05) is 13.7 Å². The lowest BCUT2D eigenvalue weighted by molar-refractivity contribution is 0.234. The number of aryl methyl sites for hydroxylation is 1. The van der Waals surface area contributed by atoms with Gasteiger partial charge in [-0.25, -0.2) is 0 Å². The Balaban J connectivity index is 2.89. The highest BCUT2D eigenvalue weighted by molar-refractivity contribution is 5.61. The summed E-state index contributed by atoms with van der Waals surface area (Å²) in [6.07, 6.45) is 7.70. The first-order valence-electron chi connectivity index (χ1n) is 7.60. The standard InChI is InChI=1S/C18H28O2/c1-6-9-15(8-3)13-20-18-11-14(4)17(19-5)12-16(18)10-7-2/h7,10-12,15H,6,8-9,13H2,1-5H3/b10-7+. The third-order valence-corrected chi connectivity index (χ3v) is 3.62. The average Bonchev–Trinajstić information content (AvgIpc) is 2.45. The van der Waals surface area contributed by atoms with E-state index < -0.39 is 0 Å². The van der Waals surface area contributed by atoms with Gasteiger partial charge in [0.2, 0.25) is 0 Å². The Morgan fingerprint density at radius 1 is 1.20 bits per heavy atom. The van der Waals surface area contributed by atoms with Gasteiger partial charge in [-0.2, -0.15) is 0 Å². The number of rotatable bonds is 8. The fraction of sp³-hybridized carbons (Fsp3) is 0.556. The minimum absolute atomic E-state index is 0.640. The van der Waals surface area contributed by atoms with E-state index in [0.717, 1.165) is 29.2 Å². The molecular weight excluding hydrogens is 248 g/mol. The molecule has 0 radical (unpaired) electrons. The second-order valence-corrected chi connectivity index (χ2v) is 5.23. The Hall–Kier alpha value is -1.44. The summed E-state index contributed by atoms with van der Waals surface area (Å²) in [5.41, 5.74) is 2.19. The van der Waals surface area contributed by atoms with Crippen molar-refractivity contribution in [1.82, 2.24) is 0 Å². The monoisotopic (exact) mass is 276 g/mol. The lowest BCUT2D eigenvalue weighted by Gasteiger charge is -2.17.